The first-order valence-corrected chi connectivity index (χ1v) is 51.3. The molecule has 7 aromatic rings. The van der Waals surface area contributed by atoms with Gasteiger partial charge in [-0.25, -0.2) is 106 Å². The summed E-state index contributed by atoms with van der Waals surface area (Å²) < 4.78 is 551. The number of alkyl halides is 21. The number of carbonyl (C=O) groups excluding carboxylic acids is 7. The minimum absolute atomic E-state index is 0.146. The first-order valence-electron chi connectivity index (χ1n) is 35.5. The fourth-order valence-electron chi connectivity index (χ4n) is 8.77. The normalized spacial score (nSPS) is 13.8. The second-order valence-electron chi connectivity index (χ2n) is 26.6. The van der Waals surface area contributed by atoms with Crippen molar-refractivity contribution in [1.29, 1.82) is 0 Å². The number of ether oxygens (including phenoxy) is 7. The van der Waals surface area contributed by atoms with Crippen LogP contribution in [0.25, 0.3) is 0 Å². The molecule has 7 aromatic carbocycles. The van der Waals surface area contributed by atoms with Crippen LogP contribution >= 0.6 is 95.6 Å². The van der Waals surface area contributed by atoms with Crippen LogP contribution in [0.3, 0.4) is 0 Å². The Hall–Kier alpha value is -9.20. The topological polar surface area (TPSA) is 663 Å². The van der Waals surface area contributed by atoms with Crippen LogP contribution in [-0.4, -0.2) is 259 Å². The van der Waals surface area contributed by atoms with E-state index in [0.29, 0.717) is 30.0 Å². The van der Waals surface area contributed by atoms with Crippen molar-refractivity contribution < 1.29 is 263 Å². The van der Waals surface area contributed by atoms with Crippen LogP contribution in [0.5, 0.6) is 0 Å². The van der Waals surface area contributed by atoms with Crippen molar-refractivity contribution in [3.63, 3.8) is 0 Å². The molecule has 145 heavy (non-hydrogen) atoms. The van der Waals surface area contributed by atoms with Gasteiger partial charge < -0.3 is 82.2 Å². The van der Waals surface area contributed by atoms with E-state index >= 15 is 0 Å². The van der Waals surface area contributed by atoms with E-state index in [2.05, 4.69) is 129 Å². The summed E-state index contributed by atoms with van der Waals surface area (Å²) in [4.78, 5) is 80.8. The molecule has 0 saturated heterocycles. The van der Waals surface area contributed by atoms with Gasteiger partial charge in [0.15, 0.2) is 0 Å². The summed E-state index contributed by atoms with van der Waals surface area (Å²) in [6.45, 7) is 0. The quantitative estimate of drug-likeness (QED) is 0.0135. The summed E-state index contributed by atoms with van der Waals surface area (Å²) in [7, 11) is -36.8. The van der Waals surface area contributed by atoms with Crippen LogP contribution in [0.15, 0.2) is 166 Å². The number of esters is 7. The molecule has 38 nitrogen and oxygen atoms in total. The Morgan fingerprint density at radius 3 is 0.848 bits per heavy atom. The molecular formula is C70H50Br6F24N3O35S7-7. The van der Waals surface area contributed by atoms with Gasteiger partial charge >= 0.3 is 85.0 Å². The first-order chi connectivity index (χ1) is 65.0. The second kappa shape index (κ2) is 54.3. The molecule has 0 bridgehead atoms. The summed E-state index contributed by atoms with van der Waals surface area (Å²) in [6, 6.07) is 26.0. The van der Waals surface area contributed by atoms with Crippen molar-refractivity contribution >= 4 is 225 Å². The van der Waals surface area contributed by atoms with E-state index in [-0.39, 0.29) is 36.9 Å². The van der Waals surface area contributed by atoms with Gasteiger partial charge in [-0.05, 0) is 147 Å². The van der Waals surface area contributed by atoms with Crippen LogP contribution < -0.4 is 17.2 Å². The zero-order valence-electron chi connectivity index (χ0n) is 69.0. The number of rotatable bonds is 28. The summed E-state index contributed by atoms with van der Waals surface area (Å²) in [6.07, 6.45) is -58.1. The number of hydrogen-bond donors (Lipinski definition) is 3. The maximum absolute atomic E-state index is 13.3. The molecule has 814 valence electrons. The van der Waals surface area contributed by atoms with E-state index in [0.717, 1.165) is 42.5 Å². The Bertz CT molecular complexity index is 6470. The third-order valence-corrected chi connectivity index (χ3v) is 23.1. The van der Waals surface area contributed by atoms with Crippen molar-refractivity contribution in [2.75, 3.05) is 57.5 Å². The molecule has 6 N–H and O–H groups in total. The lowest BCUT2D eigenvalue weighted by Gasteiger charge is -2.22. The van der Waals surface area contributed by atoms with Crippen LogP contribution in [-0.2, 0) is 104 Å². The Labute approximate surface area is 848 Å². The lowest BCUT2D eigenvalue weighted by atomic mass is 10.1. The lowest BCUT2D eigenvalue weighted by Crippen LogP contribution is -2.39. The lowest BCUT2D eigenvalue weighted by molar-refractivity contribution is -0.197. The van der Waals surface area contributed by atoms with Crippen LogP contribution in [0.1, 0.15) is 72.5 Å². The highest BCUT2D eigenvalue weighted by molar-refractivity contribution is 9.11. The smallest absolute Gasteiger partial charge is 0.426 e. The Morgan fingerprint density at radius 2 is 0.531 bits per heavy atom. The average Bonchev–Trinajstić information content (AvgIpc) is 0.754. The number of carbonyl (C=O) groups is 7. The zero-order valence-corrected chi connectivity index (χ0v) is 84.2. The Kier molecular flexibility index (Phi) is 50.1. The fraction of sp³-hybridized carbons (Fsp3) is 0.300. The average molecular weight is 2650 g/mol. The van der Waals surface area contributed by atoms with Crippen molar-refractivity contribution in [1.82, 2.24) is 0 Å². The van der Waals surface area contributed by atoms with Crippen molar-refractivity contribution in [2.24, 2.45) is 0 Å². The number of nitrogens with two attached hydrogens (primary N) is 3. The van der Waals surface area contributed by atoms with Gasteiger partial charge in [-0.1, -0.05) is 88.0 Å². The van der Waals surface area contributed by atoms with E-state index in [9.17, 15) is 230 Å². The summed E-state index contributed by atoms with van der Waals surface area (Å²) in [5.41, 5.74) is 11.2. The molecule has 0 aliphatic rings. The van der Waals surface area contributed by atoms with Gasteiger partial charge in [-0.3, -0.25) is 0 Å². The zero-order chi connectivity index (χ0) is 113. The Morgan fingerprint density at radius 1 is 0.255 bits per heavy atom. The van der Waals surface area contributed by atoms with E-state index < -0.39 is 284 Å². The van der Waals surface area contributed by atoms with Gasteiger partial charge in [0.1, 0.15) is 23.0 Å². The van der Waals surface area contributed by atoms with Crippen molar-refractivity contribution in [2.45, 2.75) is 86.0 Å². The van der Waals surface area contributed by atoms with Gasteiger partial charge in [-0.2, -0.15) is 92.2 Å². The molecule has 0 saturated carbocycles. The van der Waals surface area contributed by atoms with E-state index in [1.165, 1.54) is 84.9 Å². The van der Waals surface area contributed by atoms with E-state index in [1.807, 2.05) is 0 Å². The maximum Gasteiger partial charge on any atom is 0.426 e. The number of anilines is 3. The molecular weight excluding hydrogens is 2600 g/mol. The highest BCUT2D eigenvalue weighted by Gasteiger charge is 2.51. The molecule has 0 heterocycles. The second-order valence-corrected chi connectivity index (χ2v) is 42.1. The molecule has 0 aromatic heterocycles. The van der Waals surface area contributed by atoms with Gasteiger partial charge in [0.25, 0.3) is 0 Å². The number of benzene rings is 7. The summed E-state index contributed by atoms with van der Waals surface area (Å²) in [5, 5.41) is 0. The van der Waals surface area contributed by atoms with Crippen LogP contribution in [0.4, 0.5) is 122 Å². The highest BCUT2D eigenvalue weighted by Crippen LogP contribution is 2.36. The monoisotopic (exact) mass is 2650 g/mol. The molecule has 0 amide bonds. The molecule has 7 atom stereocenters. The minimum atomic E-state index is -5.33. The largest absolute Gasteiger partial charge is 0.748 e. The van der Waals surface area contributed by atoms with Gasteiger partial charge in [0, 0.05) is 43.9 Å². The maximum atomic E-state index is 13.3. The number of halogens is 30. The molecule has 0 radical (unpaired) electrons. The van der Waals surface area contributed by atoms with E-state index in [4.69, 9.17) is 17.2 Å². The van der Waals surface area contributed by atoms with Gasteiger partial charge in [-0.15, -0.1) is 0 Å². The van der Waals surface area contributed by atoms with Crippen molar-refractivity contribution in [3.8, 4) is 0 Å². The van der Waals surface area contributed by atoms with Crippen molar-refractivity contribution in [3.05, 3.63) is 223 Å². The predicted octanol–water partition coefficient (Wildman–Crippen LogP) is 13.0. The summed E-state index contributed by atoms with van der Waals surface area (Å²) in [5.74, 6) is -27.2. The highest BCUT2D eigenvalue weighted by atomic mass is 79.9. The molecule has 0 aliphatic heterocycles. The fourth-order valence-corrected chi connectivity index (χ4v) is 16.5. The molecule has 7 unspecified atom stereocenters. The van der Waals surface area contributed by atoms with E-state index in [1.54, 1.807) is 0 Å². The van der Waals surface area contributed by atoms with Crippen LogP contribution in [0, 0.1) is 17.5 Å². The Balaban J connectivity index is 0.000000846. The minimum Gasteiger partial charge on any atom is -0.748 e. The molecule has 7 rings (SSSR count). The third kappa shape index (κ3) is 54.0. The molecule has 0 spiro atoms. The standard InChI is InChI=1S/2C10H7Br2F3O5S.2C10H8BrF3O5S.3C10H9F4NO5S/c11-6-1-5(2-7(12)3-6)9(16)20-8(10(13,14)15)4-21(17,18)19;11-5-1-2-6(7(12)3-5)9(16)20-8(10(13,14)15)4-21(17,18)19;11-7-3-1-2-6(4-7)9(15)19-8(10(12,13)14)5-20(16,17)18;11-7-4-2-1-3-6(7)9(15)19-8(10(12,13)14)5-20(16,17)18;11-5-1-2-7(15)6(3-5)9(16)20-8(10(12,13)14)4-21(17,18)19;11-5-1-2-6(7(15)3-5)9(16)20-8(10(12,13)14)4-21(17,18)19;11-5-2-1-3-6(15)8(5)9(16)20-7(10(12,13)14)4-21(17,18)19/h2*1-3,8H,4H2,(H,17,18,19);2*1-4,8H,5H2,(H,16,17,18);2*1-3,8H,4,15H2,(H,17,18,19);1-3,7H,4,15H2,(H,17,18,19)/p-7. The summed E-state index contributed by atoms with van der Waals surface area (Å²) >= 11 is 18.0. The van der Waals surface area contributed by atoms with Crippen LogP contribution in [0.2, 0.25) is 0 Å². The number of nitrogen functional groups attached to an aromatic ring is 3. The third-order valence-electron chi connectivity index (χ3n) is 14.9. The van der Waals surface area contributed by atoms with Gasteiger partial charge in [0.2, 0.25) is 42.7 Å². The van der Waals surface area contributed by atoms with Gasteiger partial charge in [0.05, 0.1) is 144 Å². The molecule has 0 aliphatic carbocycles. The predicted molar refractivity (Wildman–Crippen MR) is 453 cm³/mol. The molecule has 75 heteroatoms. The first kappa shape index (κ1) is 134. The molecule has 0 fully saturated rings. The SMILES string of the molecule is Nc1cc(F)ccc1C(=O)OC(CS(=O)(=O)[O-])C(F)(F)F.Nc1ccc(F)cc1C(=O)OC(CS(=O)(=O)[O-])C(F)(F)F.Nc1cccc(F)c1C(=O)OC(CS(=O)(=O)[O-])C(F)(F)F.O=C(OC(CS(=O)(=O)[O-])C(F)(F)F)c1cc(Br)cc(Br)c1.O=C(OC(CS(=O)(=O)[O-])C(F)(F)F)c1ccc(Br)cc1Br.O=C(OC(CS(=O)(=O)[O-])C(F)(F)F)c1cccc(Br)c1.O=C(OC(CS(=O)(=O)[O-])C(F)(F)F)c1ccccc1Br. The number of hydrogen-bond acceptors (Lipinski definition) is 38.